The summed E-state index contributed by atoms with van der Waals surface area (Å²) < 4.78 is 16.8. The molecule has 2 aromatic carbocycles. The van der Waals surface area contributed by atoms with Crippen molar-refractivity contribution >= 4 is 27.5 Å². The van der Waals surface area contributed by atoms with Crippen molar-refractivity contribution in [3.05, 3.63) is 52.0 Å². The van der Waals surface area contributed by atoms with E-state index in [0.29, 0.717) is 42.6 Å². The number of benzene rings is 2. The zero-order valence-electron chi connectivity index (χ0n) is 12.6. The van der Waals surface area contributed by atoms with Crippen LogP contribution in [-0.2, 0) is 11.3 Å². The Bertz CT molecular complexity index is 715. The van der Waals surface area contributed by atoms with Crippen molar-refractivity contribution in [2.24, 2.45) is 0 Å². The number of nitrogens with one attached hydrogen (secondary N) is 1. The van der Waals surface area contributed by atoms with Crippen LogP contribution in [0.3, 0.4) is 0 Å². The number of halogens is 1. The number of fused-ring (bicyclic) bond motifs is 1. The van der Waals surface area contributed by atoms with Crippen LogP contribution in [0.15, 0.2) is 40.9 Å². The van der Waals surface area contributed by atoms with E-state index in [1.807, 2.05) is 12.1 Å². The number of anilines is 1. The molecule has 0 unspecified atom stereocenters. The lowest BCUT2D eigenvalue weighted by atomic mass is 10.1. The fraction of sp³-hybridized carbons (Fsp3) is 0.235. The Morgan fingerprint density at radius 2 is 1.83 bits per heavy atom. The second-order valence-electron chi connectivity index (χ2n) is 5.06. The van der Waals surface area contributed by atoms with Gasteiger partial charge in [0.05, 0.1) is 12.3 Å². The maximum atomic E-state index is 12.4. The fourth-order valence-corrected chi connectivity index (χ4v) is 2.69. The molecular weight excluding hydrogens is 362 g/mol. The first-order valence-corrected chi connectivity index (χ1v) is 7.95. The highest BCUT2D eigenvalue weighted by molar-refractivity contribution is 9.10. The van der Waals surface area contributed by atoms with Crippen LogP contribution in [0.5, 0.6) is 11.5 Å². The molecule has 5 nitrogen and oxygen atoms in total. The number of carbonyl (C=O) groups is 1. The Hall–Kier alpha value is -2.05. The van der Waals surface area contributed by atoms with Gasteiger partial charge >= 0.3 is 0 Å². The van der Waals surface area contributed by atoms with E-state index in [1.54, 1.807) is 31.4 Å². The highest BCUT2D eigenvalue weighted by Crippen LogP contribution is 2.38. The summed E-state index contributed by atoms with van der Waals surface area (Å²) in [5.41, 5.74) is 2.23. The van der Waals surface area contributed by atoms with E-state index in [-0.39, 0.29) is 5.91 Å². The minimum Gasteiger partial charge on any atom is -0.486 e. The molecule has 0 saturated heterocycles. The summed E-state index contributed by atoms with van der Waals surface area (Å²) in [6.45, 7) is 1.55. The third kappa shape index (κ3) is 3.65. The quantitative estimate of drug-likeness (QED) is 0.883. The average molecular weight is 378 g/mol. The van der Waals surface area contributed by atoms with Crippen molar-refractivity contribution in [3.63, 3.8) is 0 Å². The van der Waals surface area contributed by atoms with E-state index in [1.165, 1.54) is 0 Å². The molecule has 0 saturated carbocycles. The largest absolute Gasteiger partial charge is 0.486 e. The third-order valence-corrected chi connectivity index (χ3v) is 4.06. The standard InChI is InChI=1S/C17H16BrNO4/c1-21-10-11-2-4-12(5-3-11)17(20)19-14-9-16-15(8-13(14)18)22-6-7-23-16/h2-5,8-9H,6-7,10H2,1H3,(H,19,20). The Kier molecular flexibility index (Phi) is 4.83. The molecule has 0 aromatic heterocycles. The van der Waals surface area contributed by atoms with Gasteiger partial charge in [-0.3, -0.25) is 4.79 Å². The van der Waals surface area contributed by atoms with Gasteiger partial charge in [0, 0.05) is 29.3 Å². The van der Waals surface area contributed by atoms with Gasteiger partial charge in [-0.15, -0.1) is 0 Å². The van der Waals surface area contributed by atoms with Gasteiger partial charge in [-0.25, -0.2) is 0 Å². The van der Waals surface area contributed by atoms with Crippen LogP contribution in [0.25, 0.3) is 0 Å². The molecular formula is C17H16BrNO4. The Labute approximate surface area is 142 Å². The molecule has 0 atom stereocenters. The molecule has 0 fully saturated rings. The van der Waals surface area contributed by atoms with Gasteiger partial charge in [0.15, 0.2) is 11.5 Å². The highest BCUT2D eigenvalue weighted by atomic mass is 79.9. The van der Waals surface area contributed by atoms with E-state index < -0.39 is 0 Å². The lowest BCUT2D eigenvalue weighted by molar-refractivity contribution is 0.102. The van der Waals surface area contributed by atoms with Crippen LogP contribution >= 0.6 is 15.9 Å². The number of ether oxygens (including phenoxy) is 3. The smallest absolute Gasteiger partial charge is 0.255 e. The molecule has 1 aliphatic rings. The van der Waals surface area contributed by atoms with Crippen LogP contribution in [0.2, 0.25) is 0 Å². The second-order valence-corrected chi connectivity index (χ2v) is 5.91. The normalized spacial score (nSPS) is 12.8. The minimum absolute atomic E-state index is 0.189. The summed E-state index contributed by atoms with van der Waals surface area (Å²) in [5.74, 6) is 1.11. The SMILES string of the molecule is COCc1ccc(C(=O)Nc2cc3c(cc2Br)OCCO3)cc1. The number of hydrogen-bond donors (Lipinski definition) is 1. The zero-order valence-corrected chi connectivity index (χ0v) is 14.2. The predicted octanol–water partition coefficient (Wildman–Crippen LogP) is 3.62. The fourth-order valence-electron chi connectivity index (χ4n) is 2.27. The Morgan fingerprint density at radius 1 is 1.17 bits per heavy atom. The summed E-state index contributed by atoms with van der Waals surface area (Å²) in [5, 5.41) is 2.88. The van der Waals surface area contributed by atoms with Crippen LogP contribution in [0, 0.1) is 0 Å². The summed E-state index contributed by atoms with van der Waals surface area (Å²) >= 11 is 3.44. The van der Waals surface area contributed by atoms with Crippen molar-refractivity contribution in [2.45, 2.75) is 6.61 Å². The average Bonchev–Trinajstić information content (AvgIpc) is 2.56. The highest BCUT2D eigenvalue weighted by Gasteiger charge is 2.16. The molecule has 2 aromatic rings. The molecule has 1 N–H and O–H groups in total. The molecule has 1 heterocycles. The van der Waals surface area contributed by atoms with E-state index in [4.69, 9.17) is 14.2 Å². The first kappa shape index (κ1) is 15.8. The van der Waals surface area contributed by atoms with Crippen LogP contribution in [-0.4, -0.2) is 26.2 Å². The summed E-state index contributed by atoms with van der Waals surface area (Å²) in [6.07, 6.45) is 0. The van der Waals surface area contributed by atoms with E-state index in [9.17, 15) is 4.79 Å². The van der Waals surface area contributed by atoms with Crippen molar-refractivity contribution in [3.8, 4) is 11.5 Å². The maximum absolute atomic E-state index is 12.4. The number of rotatable bonds is 4. The first-order valence-electron chi connectivity index (χ1n) is 7.16. The van der Waals surface area contributed by atoms with Crippen LogP contribution in [0.1, 0.15) is 15.9 Å². The molecule has 6 heteroatoms. The van der Waals surface area contributed by atoms with Gasteiger partial charge in [0.2, 0.25) is 0 Å². The molecule has 0 bridgehead atoms. The maximum Gasteiger partial charge on any atom is 0.255 e. The van der Waals surface area contributed by atoms with Gasteiger partial charge < -0.3 is 19.5 Å². The molecule has 0 aliphatic carbocycles. The second kappa shape index (κ2) is 7.02. The first-order chi connectivity index (χ1) is 11.2. The molecule has 1 aliphatic heterocycles. The molecule has 0 spiro atoms. The lowest BCUT2D eigenvalue weighted by Crippen LogP contribution is -2.17. The van der Waals surface area contributed by atoms with E-state index >= 15 is 0 Å². The summed E-state index contributed by atoms with van der Waals surface area (Å²) in [6, 6.07) is 10.8. The third-order valence-electron chi connectivity index (χ3n) is 3.41. The van der Waals surface area contributed by atoms with Crippen molar-refractivity contribution in [1.29, 1.82) is 0 Å². The minimum atomic E-state index is -0.189. The van der Waals surface area contributed by atoms with Crippen molar-refractivity contribution in [1.82, 2.24) is 0 Å². The van der Waals surface area contributed by atoms with Gasteiger partial charge in [-0.2, -0.15) is 0 Å². The molecule has 3 rings (SSSR count). The molecule has 23 heavy (non-hydrogen) atoms. The van der Waals surface area contributed by atoms with Crippen LogP contribution in [0.4, 0.5) is 5.69 Å². The van der Waals surface area contributed by atoms with Crippen molar-refractivity contribution in [2.75, 3.05) is 25.6 Å². The van der Waals surface area contributed by atoms with Gasteiger partial charge in [0.1, 0.15) is 13.2 Å². The molecule has 0 radical (unpaired) electrons. The van der Waals surface area contributed by atoms with E-state index in [2.05, 4.69) is 21.2 Å². The van der Waals surface area contributed by atoms with Crippen LogP contribution < -0.4 is 14.8 Å². The molecule has 120 valence electrons. The van der Waals surface area contributed by atoms with Crippen molar-refractivity contribution < 1.29 is 19.0 Å². The van der Waals surface area contributed by atoms with Gasteiger partial charge in [-0.1, -0.05) is 12.1 Å². The molecule has 1 amide bonds. The number of hydrogen-bond acceptors (Lipinski definition) is 4. The lowest BCUT2D eigenvalue weighted by Gasteiger charge is -2.20. The zero-order chi connectivity index (χ0) is 16.2. The van der Waals surface area contributed by atoms with Gasteiger partial charge in [-0.05, 0) is 33.6 Å². The van der Waals surface area contributed by atoms with E-state index in [0.717, 1.165) is 10.0 Å². The number of carbonyl (C=O) groups excluding carboxylic acids is 1. The Morgan fingerprint density at radius 3 is 2.48 bits per heavy atom. The summed E-state index contributed by atoms with van der Waals surface area (Å²) in [4.78, 5) is 12.4. The topological polar surface area (TPSA) is 56.8 Å². The summed E-state index contributed by atoms with van der Waals surface area (Å²) in [7, 11) is 1.64. The monoisotopic (exact) mass is 377 g/mol. The Balaban J connectivity index is 1.77. The number of amides is 1. The predicted molar refractivity (Wildman–Crippen MR) is 90.2 cm³/mol. The number of methoxy groups -OCH3 is 1. The van der Waals surface area contributed by atoms with Gasteiger partial charge in [0.25, 0.3) is 5.91 Å².